The van der Waals surface area contributed by atoms with Crippen LogP contribution in [0.3, 0.4) is 0 Å². The van der Waals surface area contributed by atoms with Gasteiger partial charge in [-0.05, 0) is 88.5 Å². The van der Waals surface area contributed by atoms with Gasteiger partial charge in [0, 0.05) is 0 Å². The number of rotatable bonds is 6. The van der Waals surface area contributed by atoms with Gasteiger partial charge in [0.15, 0.2) is 0 Å². The molecule has 0 spiro atoms. The normalized spacial score (nSPS) is 35.3. The highest BCUT2D eigenvalue weighted by Gasteiger charge is 2.39. The van der Waals surface area contributed by atoms with E-state index >= 15 is 0 Å². The molecule has 0 radical (unpaired) electrons. The molecule has 158 valence electrons. The van der Waals surface area contributed by atoms with Crippen molar-refractivity contribution in [2.24, 2.45) is 17.8 Å². The second-order valence-electron chi connectivity index (χ2n) is 10.1. The largest absolute Gasteiger partial charge is 0.390 e. The molecule has 1 unspecified atom stereocenters. The van der Waals surface area contributed by atoms with Crippen LogP contribution < -0.4 is 0 Å². The second-order valence-corrected chi connectivity index (χ2v) is 10.1. The minimum atomic E-state index is -0.604. The molecule has 3 fully saturated rings. The maximum absolute atomic E-state index is 10.1. The van der Waals surface area contributed by atoms with Gasteiger partial charge < -0.3 is 15.3 Å². The molecule has 0 saturated heterocycles. The van der Waals surface area contributed by atoms with E-state index in [-0.39, 0.29) is 0 Å². The summed E-state index contributed by atoms with van der Waals surface area (Å²) in [7, 11) is 0. The molecule has 3 saturated carbocycles. The molecule has 3 heteroatoms. The molecule has 3 rings (SSSR count). The summed E-state index contributed by atoms with van der Waals surface area (Å²) in [4.78, 5) is 0. The van der Waals surface area contributed by atoms with Gasteiger partial charge >= 0.3 is 0 Å². The Morgan fingerprint density at radius 3 is 2.43 bits per heavy atom. The first kappa shape index (κ1) is 21.8. The van der Waals surface area contributed by atoms with Crippen LogP contribution in [0.2, 0.25) is 0 Å². The quantitative estimate of drug-likeness (QED) is 0.440. The van der Waals surface area contributed by atoms with E-state index in [1.165, 1.54) is 44.9 Å². The van der Waals surface area contributed by atoms with E-state index in [9.17, 15) is 15.3 Å². The van der Waals surface area contributed by atoms with Crippen LogP contribution in [0, 0.1) is 17.8 Å². The standard InChI is InChI=1S/C25H40O3/c1-17-23(26)15-18(16-24(17)27)10-11-20-8-6-9-21-19(12-13-22(20)21)7-4-5-14-25(2,3)28/h10-11,19,21-24,26-28H,1,4-9,12-16H2,2-3H3/b20-11+/t19?,21-,22+,23-,24-/m1/s1. The Morgan fingerprint density at radius 2 is 1.75 bits per heavy atom. The molecule has 3 aliphatic carbocycles. The second kappa shape index (κ2) is 9.28. The van der Waals surface area contributed by atoms with Crippen molar-refractivity contribution in [1.29, 1.82) is 0 Å². The van der Waals surface area contributed by atoms with Crippen molar-refractivity contribution in [2.45, 2.75) is 102 Å². The van der Waals surface area contributed by atoms with Crippen molar-refractivity contribution >= 4 is 0 Å². The Labute approximate surface area is 171 Å². The Hall–Kier alpha value is -0.900. The van der Waals surface area contributed by atoms with Gasteiger partial charge in [-0.1, -0.05) is 49.1 Å². The van der Waals surface area contributed by atoms with Gasteiger partial charge in [-0.25, -0.2) is 0 Å². The third-order valence-corrected chi connectivity index (χ3v) is 7.36. The maximum atomic E-state index is 10.1. The lowest BCUT2D eigenvalue weighted by atomic mass is 9.73. The van der Waals surface area contributed by atoms with E-state index in [1.807, 2.05) is 13.8 Å². The van der Waals surface area contributed by atoms with Crippen molar-refractivity contribution in [2.75, 3.05) is 0 Å². The van der Waals surface area contributed by atoms with Gasteiger partial charge in [0.1, 0.15) is 0 Å². The number of allylic oxidation sites excluding steroid dienone is 3. The third-order valence-electron chi connectivity index (χ3n) is 7.36. The molecule has 0 bridgehead atoms. The number of aliphatic hydroxyl groups is 3. The van der Waals surface area contributed by atoms with E-state index in [2.05, 4.69) is 18.7 Å². The lowest BCUT2D eigenvalue weighted by Crippen LogP contribution is -2.27. The summed E-state index contributed by atoms with van der Waals surface area (Å²) in [5, 5.41) is 30.0. The first-order valence-electron chi connectivity index (χ1n) is 11.4. The van der Waals surface area contributed by atoms with Gasteiger partial charge in [-0.2, -0.15) is 0 Å². The molecule has 3 N–H and O–H groups in total. The summed E-state index contributed by atoms with van der Waals surface area (Å²) < 4.78 is 0. The minimum absolute atomic E-state index is 0.529. The monoisotopic (exact) mass is 388 g/mol. The van der Waals surface area contributed by atoms with Crippen molar-refractivity contribution in [3.05, 3.63) is 35.5 Å². The van der Waals surface area contributed by atoms with E-state index in [0.29, 0.717) is 18.4 Å². The fourth-order valence-corrected chi connectivity index (χ4v) is 5.73. The van der Waals surface area contributed by atoms with Gasteiger partial charge in [0.2, 0.25) is 0 Å². The zero-order valence-corrected chi connectivity index (χ0v) is 17.9. The van der Waals surface area contributed by atoms with Crippen LogP contribution in [0.4, 0.5) is 0 Å². The average molecular weight is 389 g/mol. The predicted molar refractivity (Wildman–Crippen MR) is 115 cm³/mol. The van der Waals surface area contributed by atoms with E-state index in [1.54, 1.807) is 5.57 Å². The van der Waals surface area contributed by atoms with Crippen molar-refractivity contribution in [3.8, 4) is 0 Å². The SMILES string of the molecule is C=C1[C@H](O)CC(=C/C=C2\CCC[C@@H]3C(CCCCC(C)(C)O)CC[C@@H]23)C[C@H]1O. The summed E-state index contributed by atoms with van der Waals surface area (Å²) in [6.45, 7) is 7.62. The summed E-state index contributed by atoms with van der Waals surface area (Å²) in [6, 6.07) is 0. The van der Waals surface area contributed by atoms with Crippen LogP contribution in [0.25, 0.3) is 0 Å². The van der Waals surface area contributed by atoms with E-state index in [4.69, 9.17) is 0 Å². The topological polar surface area (TPSA) is 60.7 Å². The Balaban J connectivity index is 1.56. The van der Waals surface area contributed by atoms with Crippen LogP contribution in [0.1, 0.15) is 84.5 Å². The molecule has 3 aliphatic rings. The van der Waals surface area contributed by atoms with Gasteiger partial charge in [-0.3, -0.25) is 0 Å². The highest BCUT2D eigenvalue weighted by Crippen LogP contribution is 2.50. The fraction of sp³-hybridized carbons (Fsp3) is 0.760. The molecule has 3 nitrogen and oxygen atoms in total. The number of aliphatic hydroxyl groups excluding tert-OH is 2. The summed E-state index contributed by atoms with van der Waals surface area (Å²) in [5.74, 6) is 2.42. The number of unbranched alkanes of at least 4 members (excludes halogenated alkanes) is 1. The third kappa shape index (κ3) is 5.58. The first-order chi connectivity index (χ1) is 13.2. The molecular formula is C25H40O3. The van der Waals surface area contributed by atoms with Crippen LogP contribution in [-0.4, -0.2) is 33.1 Å². The molecule has 28 heavy (non-hydrogen) atoms. The van der Waals surface area contributed by atoms with Crippen molar-refractivity contribution in [3.63, 3.8) is 0 Å². The fourth-order valence-electron chi connectivity index (χ4n) is 5.73. The first-order valence-corrected chi connectivity index (χ1v) is 11.4. The maximum Gasteiger partial charge on any atom is 0.0809 e. The van der Waals surface area contributed by atoms with Crippen LogP contribution in [0.15, 0.2) is 35.5 Å². The molecule has 0 aromatic heterocycles. The molecule has 5 atom stereocenters. The zero-order valence-electron chi connectivity index (χ0n) is 17.9. The van der Waals surface area contributed by atoms with Crippen LogP contribution in [-0.2, 0) is 0 Å². The Bertz CT molecular complexity index is 594. The minimum Gasteiger partial charge on any atom is -0.390 e. The van der Waals surface area contributed by atoms with Gasteiger partial charge in [-0.15, -0.1) is 0 Å². The highest BCUT2D eigenvalue weighted by molar-refractivity contribution is 5.28. The van der Waals surface area contributed by atoms with Crippen LogP contribution in [0.5, 0.6) is 0 Å². The molecule has 0 aromatic carbocycles. The predicted octanol–water partition coefficient (Wildman–Crippen LogP) is 5.07. The molecule has 0 amide bonds. The lowest BCUT2D eigenvalue weighted by Gasteiger charge is -2.32. The number of fused-ring (bicyclic) bond motifs is 1. The zero-order chi connectivity index (χ0) is 20.3. The molecule has 0 aromatic rings. The Morgan fingerprint density at radius 1 is 1.04 bits per heavy atom. The van der Waals surface area contributed by atoms with E-state index < -0.39 is 17.8 Å². The molecule has 0 aliphatic heterocycles. The smallest absolute Gasteiger partial charge is 0.0809 e. The summed E-state index contributed by atoms with van der Waals surface area (Å²) >= 11 is 0. The lowest BCUT2D eigenvalue weighted by molar-refractivity contribution is 0.0673. The Kier molecular flexibility index (Phi) is 7.22. The molecular weight excluding hydrogens is 348 g/mol. The highest BCUT2D eigenvalue weighted by atomic mass is 16.3. The number of hydrogen-bond donors (Lipinski definition) is 3. The van der Waals surface area contributed by atoms with Crippen LogP contribution >= 0.6 is 0 Å². The van der Waals surface area contributed by atoms with Gasteiger partial charge in [0.25, 0.3) is 0 Å². The van der Waals surface area contributed by atoms with E-state index in [0.717, 1.165) is 36.2 Å². The number of hydrogen-bond acceptors (Lipinski definition) is 3. The molecule has 0 heterocycles. The van der Waals surface area contributed by atoms with Gasteiger partial charge in [0.05, 0.1) is 17.8 Å². The van der Waals surface area contributed by atoms with Crippen molar-refractivity contribution < 1.29 is 15.3 Å². The summed E-state index contributed by atoms with van der Waals surface area (Å²) in [6.07, 6.45) is 15.6. The average Bonchev–Trinajstić information content (AvgIpc) is 3.04. The summed E-state index contributed by atoms with van der Waals surface area (Å²) in [5.41, 5.74) is 2.77. The van der Waals surface area contributed by atoms with Crippen molar-refractivity contribution in [1.82, 2.24) is 0 Å².